The number of rotatable bonds is 3. The molecular formula is C22H16F3N5O3. The second-order valence-corrected chi connectivity index (χ2v) is 7.11. The fraction of sp³-hybridized carbons (Fsp3) is 0.0909. The minimum absolute atomic E-state index is 0.0132. The molecule has 2 aromatic heterocycles. The van der Waals surface area contributed by atoms with Crippen molar-refractivity contribution in [2.75, 3.05) is 0 Å². The van der Waals surface area contributed by atoms with Crippen LogP contribution in [-0.4, -0.2) is 26.6 Å². The third-order valence-corrected chi connectivity index (χ3v) is 4.86. The van der Waals surface area contributed by atoms with Gasteiger partial charge >= 0.3 is 6.18 Å². The lowest BCUT2D eigenvalue weighted by Crippen LogP contribution is -2.44. The van der Waals surface area contributed by atoms with Crippen molar-refractivity contribution in [3.8, 4) is 5.69 Å². The molecule has 4 aromatic rings. The van der Waals surface area contributed by atoms with Gasteiger partial charge in [0.25, 0.3) is 11.8 Å². The van der Waals surface area contributed by atoms with Gasteiger partial charge in [0.05, 0.1) is 16.8 Å². The first-order valence-corrected chi connectivity index (χ1v) is 9.60. The van der Waals surface area contributed by atoms with Crippen LogP contribution >= 0.6 is 0 Å². The van der Waals surface area contributed by atoms with E-state index in [-0.39, 0.29) is 16.9 Å². The van der Waals surface area contributed by atoms with E-state index in [0.29, 0.717) is 5.39 Å². The highest BCUT2D eigenvalue weighted by Gasteiger charge is 2.30. The number of H-pyrrole nitrogens is 1. The smallest absolute Gasteiger partial charge is 0.360 e. The van der Waals surface area contributed by atoms with Crippen LogP contribution in [0.15, 0.2) is 65.6 Å². The predicted octanol–water partition coefficient (Wildman–Crippen LogP) is 3.12. The van der Waals surface area contributed by atoms with Crippen molar-refractivity contribution < 1.29 is 22.8 Å². The highest BCUT2D eigenvalue weighted by Crippen LogP contribution is 2.30. The molecule has 0 saturated heterocycles. The molecule has 2 heterocycles. The summed E-state index contributed by atoms with van der Waals surface area (Å²) in [5, 5.41) is 4.55. The molecule has 0 aliphatic carbocycles. The topological polar surface area (TPSA) is 109 Å². The van der Waals surface area contributed by atoms with Gasteiger partial charge in [0.15, 0.2) is 5.69 Å². The molecule has 0 spiro atoms. The van der Waals surface area contributed by atoms with Gasteiger partial charge in [-0.2, -0.15) is 18.3 Å². The van der Waals surface area contributed by atoms with Gasteiger partial charge in [-0.1, -0.05) is 24.3 Å². The Kier molecular flexibility index (Phi) is 5.46. The summed E-state index contributed by atoms with van der Waals surface area (Å²) in [4.78, 5) is 40.2. The molecule has 0 aliphatic rings. The van der Waals surface area contributed by atoms with Crippen LogP contribution in [0.25, 0.3) is 16.6 Å². The Morgan fingerprint density at radius 1 is 1.00 bits per heavy atom. The van der Waals surface area contributed by atoms with E-state index >= 15 is 0 Å². The summed E-state index contributed by atoms with van der Waals surface area (Å²) in [6, 6.07) is 12.4. The first-order chi connectivity index (χ1) is 15.6. The number of halogens is 3. The zero-order valence-electron chi connectivity index (χ0n) is 17.0. The van der Waals surface area contributed by atoms with Crippen molar-refractivity contribution in [1.82, 2.24) is 25.6 Å². The van der Waals surface area contributed by atoms with Gasteiger partial charge in [0.2, 0.25) is 5.43 Å². The van der Waals surface area contributed by atoms with Crippen molar-refractivity contribution >= 4 is 22.7 Å². The van der Waals surface area contributed by atoms with E-state index in [4.69, 9.17) is 0 Å². The monoisotopic (exact) mass is 455 g/mol. The molecule has 0 unspecified atom stereocenters. The highest BCUT2D eigenvalue weighted by atomic mass is 19.4. The summed E-state index contributed by atoms with van der Waals surface area (Å²) in [6.07, 6.45) is -3.10. The van der Waals surface area contributed by atoms with Crippen LogP contribution in [0.2, 0.25) is 0 Å². The van der Waals surface area contributed by atoms with Crippen LogP contribution in [0, 0.1) is 6.92 Å². The minimum atomic E-state index is -4.57. The molecule has 0 atom stereocenters. The molecule has 11 heteroatoms. The number of para-hydroxylation sites is 1. The number of carbonyl (C=O) groups is 2. The second kappa shape index (κ2) is 8.26. The van der Waals surface area contributed by atoms with E-state index in [1.165, 1.54) is 25.3 Å². The lowest BCUT2D eigenvalue weighted by Gasteiger charge is -2.13. The first-order valence-electron chi connectivity index (χ1n) is 9.60. The summed E-state index contributed by atoms with van der Waals surface area (Å²) in [5.74, 6) is -1.65. The quantitative estimate of drug-likeness (QED) is 0.413. The Morgan fingerprint density at radius 2 is 1.73 bits per heavy atom. The van der Waals surface area contributed by atoms with E-state index in [1.807, 2.05) is 0 Å². The number of aromatic nitrogens is 3. The number of amides is 2. The average molecular weight is 455 g/mol. The molecule has 0 aliphatic heterocycles. The Balaban J connectivity index is 1.58. The summed E-state index contributed by atoms with van der Waals surface area (Å²) in [7, 11) is 0. The molecule has 8 nitrogen and oxygen atoms in total. The van der Waals surface area contributed by atoms with E-state index < -0.39 is 34.7 Å². The standard InChI is InChI=1S/C22H16F3N5O3/c1-12-9-18(31)19(29-30(12)14-6-4-5-13(10-14)22(23,24)25)21(33)28-27-20(32)16-11-26-17-8-3-2-7-15(16)17/h2-11,26H,1H3,(H,27,32)(H,28,33). The Hall–Kier alpha value is -4.41. The number of carbonyl (C=O) groups excluding carboxylic acids is 2. The summed E-state index contributed by atoms with van der Waals surface area (Å²) >= 11 is 0. The van der Waals surface area contributed by atoms with Crippen molar-refractivity contribution in [2.45, 2.75) is 13.1 Å². The molecule has 4 rings (SSSR count). The molecule has 0 bridgehead atoms. The lowest BCUT2D eigenvalue weighted by molar-refractivity contribution is -0.137. The molecule has 0 saturated carbocycles. The third-order valence-electron chi connectivity index (χ3n) is 4.86. The van der Waals surface area contributed by atoms with Crippen LogP contribution < -0.4 is 16.3 Å². The average Bonchev–Trinajstić information content (AvgIpc) is 3.21. The fourth-order valence-corrected chi connectivity index (χ4v) is 3.28. The minimum Gasteiger partial charge on any atom is -0.360 e. The SMILES string of the molecule is Cc1cc(=O)c(C(=O)NNC(=O)c2c[nH]c3ccccc23)nn1-c1cccc(C(F)(F)F)c1. The van der Waals surface area contributed by atoms with E-state index in [2.05, 4.69) is 20.9 Å². The maximum absolute atomic E-state index is 13.1. The van der Waals surface area contributed by atoms with Gasteiger partial charge in [-0.25, -0.2) is 4.68 Å². The number of nitrogens with zero attached hydrogens (tertiary/aromatic N) is 2. The number of alkyl halides is 3. The molecule has 0 fully saturated rings. The number of hydrogen-bond donors (Lipinski definition) is 3. The van der Waals surface area contributed by atoms with Gasteiger partial charge in [-0.3, -0.25) is 25.2 Å². The van der Waals surface area contributed by atoms with Crippen molar-refractivity contribution in [1.29, 1.82) is 0 Å². The van der Waals surface area contributed by atoms with Crippen LogP contribution in [-0.2, 0) is 6.18 Å². The molecule has 168 valence electrons. The molecule has 0 radical (unpaired) electrons. The molecular weight excluding hydrogens is 439 g/mol. The largest absolute Gasteiger partial charge is 0.416 e. The first kappa shape index (κ1) is 21.8. The zero-order valence-corrected chi connectivity index (χ0v) is 17.0. The summed E-state index contributed by atoms with van der Waals surface area (Å²) < 4.78 is 40.2. The van der Waals surface area contributed by atoms with Gasteiger partial charge in [0, 0.05) is 28.9 Å². The molecule has 2 aromatic carbocycles. The Morgan fingerprint density at radius 3 is 2.48 bits per heavy atom. The number of hydrogen-bond acceptors (Lipinski definition) is 4. The normalized spacial score (nSPS) is 11.4. The van der Waals surface area contributed by atoms with Gasteiger partial charge in [0.1, 0.15) is 0 Å². The summed E-state index contributed by atoms with van der Waals surface area (Å²) in [5.41, 5.74) is 3.29. The van der Waals surface area contributed by atoms with E-state index in [1.54, 1.807) is 24.3 Å². The molecule has 2 amide bonds. The Bertz CT molecular complexity index is 1440. The number of benzene rings is 2. The fourth-order valence-electron chi connectivity index (χ4n) is 3.28. The maximum atomic E-state index is 13.1. The highest BCUT2D eigenvalue weighted by molar-refractivity contribution is 6.07. The molecule has 33 heavy (non-hydrogen) atoms. The second-order valence-electron chi connectivity index (χ2n) is 7.11. The number of hydrazine groups is 1. The van der Waals surface area contributed by atoms with Crippen LogP contribution in [0.1, 0.15) is 32.1 Å². The predicted molar refractivity (Wildman–Crippen MR) is 113 cm³/mol. The van der Waals surface area contributed by atoms with Gasteiger partial charge < -0.3 is 4.98 Å². The number of aryl methyl sites for hydroxylation is 1. The van der Waals surface area contributed by atoms with Crippen molar-refractivity contribution in [3.05, 3.63) is 93.5 Å². The lowest BCUT2D eigenvalue weighted by atomic mass is 10.2. The van der Waals surface area contributed by atoms with Gasteiger partial charge in [-0.05, 0) is 31.2 Å². The number of nitrogens with one attached hydrogen (secondary N) is 3. The van der Waals surface area contributed by atoms with Crippen molar-refractivity contribution in [2.24, 2.45) is 0 Å². The number of fused-ring (bicyclic) bond motifs is 1. The van der Waals surface area contributed by atoms with Crippen LogP contribution in [0.5, 0.6) is 0 Å². The number of aromatic amines is 1. The van der Waals surface area contributed by atoms with Gasteiger partial charge in [-0.15, -0.1) is 0 Å². The third kappa shape index (κ3) is 4.33. The zero-order chi connectivity index (χ0) is 23.8. The van der Waals surface area contributed by atoms with E-state index in [9.17, 15) is 27.6 Å². The summed E-state index contributed by atoms with van der Waals surface area (Å²) in [6.45, 7) is 1.47. The Labute approximate surface area is 184 Å². The van der Waals surface area contributed by atoms with Crippen LogP contribution in [0.4, 0.5) is 13.2 Å². The van der Waals surface area contributed by atoms with Crippen LogP contribution in [0.3, 0.4) is 0 Å². The maximum Gasteiger partial charge on any atom is 0.416 e. The molecule has 3 N–H and O–H groups in total. The van der Waals surface area contributed by atoms with E-state index in [0.717, 1.165) is 28.4 Å². The van der Waals surface area contributed by atoms with Crippen molar-refractivity contribution in [3.63, 3.8) is 0 Å².